The van der Waals surface area contributed by atoms with Gasteiger partial charge in [-0.2, -0.15) is 0 Å². The van der Waals surface area contributed by atoms with Gasteiger partial charge >= 0.3 is 0 Å². The zero-order valence-electron chi connectivity index (χ0n) is 7.26. The van der Waals surface area contributed by atoms with Gasteiger partial charge in [0.15, 0.2) is 0 Å². The number of nitrogens with zero attached hydrogens (tertiary/aromatic N) is 1. The van der Waals surface area contributed by atoms with Gasteiger partial charge < -0.3 is 10.2 Å². The minimum absolute atomic E-state index is 0. The molecule has 1 amide bonds. The van der Waals surface area contributed by atoms with E-state index in [1.165, 1.54) is 6.42 Å². The summed E-state index contributed by atoms with van der Waals surface area (Å²) in [5.74, 6) is 0.199. The molecule has 1 aliphatic rings. The van der Waals surface area contributed by atoms with E-state index in [9.17, 15) is 4.79 Å². The van der Waals surface area contributed by atoms with Crippen molar-refractivity contribution in [1.29, 1.82) is 0 Å². The lowest BCUT2D eigenvalue weighted by Crippen LogP contribution is -2.46. The molecule has 3 nitrogen and oxygen atoms in total. The predicted molar refractivity (Wildman–Crippen MR) is 46.4 cm³/mol. The van der Waals surface area contributed by atoms with Crippen molar-refractivity contribution in [2.24, 2.45) is 0 Å². The van der Waals surface area contributed by atoms with Crippen molar-refractivity contribution in [2.45, 2.75) is 25.8 Å². The number of amides is 1. The molecule has 1 N–H and O–H groups in total. The van der Waals surface area contributed by atoms with E-state index >= 15 is 0 Å². The molecule has 0 radical (unpaired) electrons. The van der Waals surface area contributed by atoms with Gasteiger partial charge in [0.1, 0.15) is 0 Å². The summed E-state index contributed by atoms with van der Waals surface area (Å²) in [6.45, 7) is 3.46. The largest absolute Gasteiger partial charge is 0.341 e. The zero-order chi connectivity index (χ0) is 8.27. The third-order valence-corrected chi connectivity index (χ3v) is 2.27. The van der Waals surface area contributed by atoms with E-state index in [0.29, 0.717) is 6.04 Å². The van der Waals surface area contributed by atoms with Crippen LogP contribution in [0, 0.1) is 0 Å². The van der Waals surface area contributed by atoms with Crippen LogP contribution >= 0.6 is 0 Å². The van der Waals surface area contributed by atoms with Crippen LogP contribution in [0.25, 0.3) is 0 Å². The Labute approximate surface area is 69.2 Å². The van der Waals surface area contributed by atoms with Gasteiger partial charge in [0.25, 0.3) is 0 Å². The summed E-state index contributed by atoms with van der Waals surface area (Å²) in [4.78, 5) is 12.9. The molecule has 1 saturated heterocycles. The Bertz CT molecular complexity index is 152. The maximum atomic E-state index is 11.0. The van der Waals surface area contributed by atoms with E-state index in [1.807, 2.05) is 11.9 Å². The van der Waals surface area contributed by atoms with Gasteiger partial charge in [0, 0.05) is 27.5 Å². The molecular weight excluding hydrogens is 140 g/mol. The summed E-state index contributed by atoms with van der Waals surface area (Å²) in [7, 11) is 1.95. The number of likely N-dealkylation sites (tertiary alicyclic amines) is 1. The highest BCUT2D eigenvalue weighted by Crippen LogP contribution is 2.09. The quantitative estimate of drug-likeness (QED) is 0.601. The van der Waals surface area contributed by atoms with Gasteiger partial charge in [-0.15, -0.1) is 0 Å². The molecule has 3 heteroatoms. The SMILES string of the molecule is CNC1CCCN(C(C)=O)C1.[HH]. The van der Waals surface area contributed by atoms with Crippen molar-refractivity contribution < 1.29 is 6.22 Å². The molecule has 1 rings (SSSR count). The molecule has 0 aliphatic carbocycles. The molecule has 1 atom stereocenters. The second kappa shape index (κ2) is 3.72. The minimum atomic E-state index is 0. The van der Waals surface area contributed by atoms with Crippen LogP contribution in [0.1, 0.15) is 21.2 Å². The molecular formula is C8H18N2O. The number of rotatable bonds is 1. The Hall–Kier alpha value is -0.570. The molecule has 0 aromatic rings. The molecule has 1 heterocycles. The first-order chi connectivity index (χ1) is 5.24. The van der Waals surface area contributed by atoms with E-state index in [2.05, 4.69) is 5.32 Å². The van der Waals surface area contributed by atoms with Crippen molar-refractivity contribution in [3.05, 3.63) is 0 Å². The summed E-state index contributed by atoms with van der Waals surface area (Å²) in [5.41, 5.74) is 0. The molecule has 0 bridgehead atoms. The van der Waals surface area contributed by atoms with Crippen LogP contribution in [0.3, 0.4) is 0 Å². The van der Waals surface area contributed by atoms with Crippen LogP contribution in [0.4, 0.5) is 0 Å². The average Bonchev–Trinajstić information content (AvgIpc) is 2.05. The third kappa shape index (κ3) is 2.19. The fourth-order valence-electron chi connectivity index (χ4n) is 1.50. The van der Waals surface area contributed by atoms with Crippen LogP contribution in [0.2, 0.25) is 0 Å². The predicted octanol–water partition coefficient (Wildman–Crippen LogP) is 0.463. The number of hydrogen-bond acceptors (Lipinski definition) is 2. The number of piperidine rings is 1. The van der Waals surface area contributed by atoms with Gasteiger partial charge in [-0.1, -0.05) is 0 Å². The zero-order valence-corrected chi connectivity index (χ0v) is 7.26. The average molecular weight is 158 g/mol. The molecule has 1 unspecified atom stereocenters. The Morgan fingerprint density at radius 1 is 1.73 bits per heavy atom. The second-order valence-electron chi connectivity index (χ2n) is 3.09. The number of hydrogen-bond donors (Lipinski definition) is 1. The Balaban J connectivity index is 0.00000121. The Kier molecular flexibility index (Phi) is 2.88. The summed E-state index contributed by atoms with van der Waals surface area (Å²) >= 11 is 0. The first-order valence-corrected chi connectivity index (χ1v) is 4.17. The molecule has 1 fully saturated rings. The smallest absolute Gasteiger partial charge is 0.219 e. The fraction of sp³-hybridized carbons (Fsp3) is 0.875. The Morgan fingerprint density at radius 2 is 2.45 bits per heavy atom. The second-order valence-corrected chi connectivity index (χ2v) is 3.09. The maximum Gasteiger partial charge on any atom is 0.219 e. The van der Waals surface area contributed by atoms with E-state index in [0.717, 1.165) is 19.5 Å². The highest BCUT2D eigenvalue weighted by Gasteiger charge is 2.19. The molecule has 0 aromatic carbocycles. The van der Waals surface area contributed by atoms with Crippen LogP contribution < -0.4 is 5.32 Å². The lowest BCUT2D eigenvalue weighted by Gasteiger charge is -2.31. The van der Waals surface area contributed by atoms with Gasteiger partial charge in [-0.25, -0.2) is 0 Å². The van der Waals surface area contributed by atoms with E-state index < -0.39 is 0 Å². The molecule has 1 aliphatic heterocycles. The first kappa shape index (κ1) is 8.53. The lowest BCUT2D eigenvalue weighted by molar-refractivity contribution is -0.130. The van der Waals surface area contributed by atoms with Crippen molar-refractivity contribution in [1.82, 2.24) is 10.2 Å². The van der Waals surface area contributed by atoms with Crippen LogP contribution in [0.15, 0.2) is 0 Å². The number of carbonyl (C=O) groups excluding carboxylic acids is 1. The molecule has 66 valence electrons. The van der Waals surface area contributed by atoms with Gasteiger partial charge in [-0.05, 0) is 19.9 Å². The summed E-state index contributed by atoms with van der Waals surface area (Å²) in [6.07, 6.45) is 2.32. The lowest BCUT2D eigenvalue weighted by atomic mass is 10.1. The number of nitrogens with one attached hydrogen (secondary N) is 1. The number of carbonyl (C=O) groups is 1. The molecule has 11 heavy (non-hydrogen) atoms. The van der Waals surface area contributed by atoms with Crippen molar-refractivity contribution >= 4 is 5.91 Å². The van der Waals surface area contributed by atoms with Crippen LogP contribution in [0.5, 0.6) is 0 Å². The fourth-order valence-corrected chi connectivity index (χ4v) is 1.50. The van der Waals surface area contributed by atoms with Crippen LogP contribution in [-0.4, -0.2) is 37.0 Å². The normalized spacial score (nSPS) is 25.3. The molecule has 0 aromatic heterocycles. The highest BCUT2D eigenvalue weighted by atomic mass is 16.2. The van der Waals surface area contributed by atoms with Crippen LogP contribution in [-0.2, 0) is 4.79 Å². The van der Waals surface area contributed by atoms with Crippen molar-refractivity contribution in [3.63, 3.8) is 0 Å². The van der Waals surface area contributed by atoms with E-state index in [4.69, 9.17) is 0 Å². The minimum Gasteiger partial charge on any atom is -0.341 e. The van der Waals surface area contributed by atoms with Gasteiger partial charge in [0.05, 0.1) is 0 Å². The molecule has 0 spiro atoms. The highest BCUT2D eigenvalue weighted by molar-refractivity contribution is 5.73. The summed E-state index contributed by atoms with van der Waals surface area (Å²) < 4.78 is 0. The van der Waals surface area contributed by atoms with Gasteiger partial charge in [-0.3, -0.25) is 4.79 Å². The Morgan fingerprint density at radius 3 is 3.00 bits per heavy atom. The molecule has 0 saturated carbocycles. The topological polar surface area (TPSA) is 32.3 Å². The van der Waals surface area contributed by atoms with Crippen molar-refractivity contribution in [3.8, 4) is 0 Å². The summed E-state index contributed by atoms with van der Waals surface area (Å²) in [6, 6.07) is 0.507. The monoisotopic (exact) mass is 158 g/mol. The van der Waals surface area contributed by atoms with E-state index in [1.54, 1.807) is 6.92 Å². The van der Waals surface area contributed by atoms with Gasteiger partial charge in [0.2, 0.25) is 5.91 Å². The maximum absolute atomic E-state index is 11.0. The first-order valence-electron chi connectivity index (χ1n) is 4.17. The van der Waals surface area contributed by atoms with Crippen molar-refractivity contribution in [2.75, 3.05) is 20.1 Å². The third-order valence-electron chi connectivity index (χ3n) is 2.27. The number of likely N-dealkylation sites (N-methyl/N-ethyl adjacent to an activating group) is 1. The summed E-state index contributed by atoms with van der Waals surface area (Å²) in [5, 5.41) is 3.19. The standard InChI is InChI=1S/C8H16N2O.H2/c1-7(11)10-5-3-4-8(6-10)9-2;/h8-9H,3-6H2,1-2H3;1H. The van der Waals surface area contributed by atoms with E-state index in [-0.39, 0.29) is 7.33 Å².